The van der Waals surface area contributed by atoms with Crippen LogP contribution in [-0.4, -0.2) is 38.6 Å². The van der Waals surface area contributed by atoms with Gasteiger partial charge in [0.1, 0.15) is 5.75 Å². The molecule has 0 aliphatic carbocycles. The quantitative estimate of drug-likeness (QED) is 0.702. The zero-order chi connectivity index (χ0) is 28.2. The maximum atomic E-state index is 13.2. The Labute approximate surface area is 161 Å². The molecule has 0 fully saturated rings. The second kappa shape index (κ2) is 6.66. The largest absolute Gasteiger partial charge is 0.609 e. The number of H-pyrrole nitrogens is 1. The lowest BCUT2D eigenvalue weighted by Crippen LogP contribution is -2.10. The number of rotatable bonds is 5. The summed E-state index contributed by atoms with van der Waals surface area (Å²) >= 11 is -2.41. The Kier molecular flexibility index (Phi) is 1.91. The van der Waals surface area contributed by atoms with Crippen LogP contribution in [0.5, 0.6) is 11.6 Å². The van der Waals surface area contributed by atoms with Gasteiger partial charge in [-0.25, -0.2) is 0 Å². The van der Waals surface area contributed by atoms with Crippen LogP contribution >= 0.6 is 0 Å². The van der Waals surface area contributed by atoms with Gasteiger partial charge in [0, 0.05) is 42.7 Å². The molecule has 7 nitrogen and oxygen atoms in total. The fraction of sp³-hybridized carbons (Fsp3) is 0.312. The van der Waals surface area contributed by atoms with E-state index >= 15 is 0 Å². The Morgan fingerprint density at radius 2 is 2.29 bits per heavy atom. The van der Waals surface area contributed by atoms with E-state index in [0.29, 0.717) is 4.98 Å². The van der Waals surface area contributed by atoms with E-state index in [0.717, 1.165) is 0 Å². The van der Waals surface area contributed by atoms with E-state index in [2.05, 4.69) is 15.0 Å². The molecule has 0 spiro atoms. The van der Waals surface area contributed by atoms with Crippen molar-refractivity contribution in [3.8, 4) is 11.6 Å². The summed E-state index contributed by atoms with van der Waals surface area (Å²) in [5, 5.41) is -0.535. The molecule has 0 aliphatic heterocycles. The van der Waals surface area contributed by atoms with E-state index in [9.17, 15) is 4.55 Å². The van der Waals surface area contributed by atoms with Crippen molar-refractivity contribution in [2.24, 2.45) is 0 Å². The minimum atomic E-state index is -3.30. The number of aromatic nitrogens is 4. The molecule has 3 heterocycles. The van der Waals surface area contributed by atoms with Crippen LogP contribution in [0.3, 0.4) is 0 Å². The Bertz CT molecular complexity index is 1350. The number of nitrogens with one attached hydrogen (secondary N) is 1. The first kappa shape index (κ1) is 6.89. The number of imidazole rings is 1. The van der Waals surface area contributed by atoms with E-state index in [1.165, 1.54) is 7.11 Å². The van der Waals surface area contributed by atoms with Crippen molar-refractivity contribution < 1.29 is 31.9 Å². The molecule has 0 aromatic carbocycles. The molecule has 3 rings (SSSR count). The maximum absolute atomic E-state index is 13.2. The fourth-order valence-corrected chi connectivity index (χ4v) is 2.76. The first-order valence-corrected chi connectivity index (χ1v) is 7.64. The van der Waals surface area contributed by atoms with Crippen LogP contribution < -0.4 is 9.47 Å². The van der Waals surface area contributed by atoms with Gasteiger partial charge in [-0.05, 0) is 19.7 Å². The van der Waals surface area contributed by atoms with Crippen LogP contribution in [0.2, 0.25) is 1.41 Å². The highest BCUT2D eigenvalue weighted by Gasteiger charge is 2.21. The molecule has 1 unspecified atom stereocenters. The first-order valence-electron chi connectivity index (χ1n) is 12.8. The smallest absolute Gasteiger partial charge is 0.323 e. The third-order valence-electron chi connectivity index (χ3n) is 2.93. The zero-order valence-electron chi connectivity index (χ0n) is 25.1. The maximum Gasteiger partial charge on any atom is 0.323 e. The second-order valence-electron chi connectivity index (χ2n) is 4.39. The van der Waals surface area contributed by atoms with Gasteiger partial charge in [0.05, 0.1) is 33.6 Å². The van der Waals surface area contributed by atoms with Crippen LogP contribution in [0.25, 0.3) is 11.2 Å². The summed E-state index contributed by atoms with van der Waals surface area (Å²) in [7, 11) is -2.10. The van der Waals surface area contributed by atoms with Crippen molar-refractivity contribution in [3.05, 3.63) is 35.1 Å². The van der Waals surface area contributed by atoms with Crippen molar-refractivity contribution in [3.63, 3.8) is 0 Å². The summed E-state index contributed by atoms with van der Waals surface area (Å²) in [6.07, 6.45) is -1.02. The molecule has 0 bridgehead atoms. The molecule has 0 saturated carbocycles. The van der Waals surface area contributed by atoms with Crippen LogP contribution in [0.4, 0.5) is 0 Å². The molecule has 8 heteroatoms. The average Bonchev–Trinajstić information content (AvgIpc) is 3.03. The molecular formula is C16H18N4O3S. The van der Waals surface area contributed by atoms with Crippen LogP contribution in [-0.2, 0) is 16.9 Å². The molecule has 0 saturated heterocycles. The van der Waals surface area contributed by atoms with Gasteiger partial charge < -0.3 is 14.0 Å². The highest BCUT2D eigenvalue weighted by atomic mass is 32.2. The van der Waals surface area contributed by atoms with E-state index in [-0.39, 0.29) is 17.0 Å². The van der Waals surface area contributed by atoms with E-state index in [1.807, 2.05) is 0 Å². The van der Waals surface area contributed by atoms with E-state index in [4.69, 9.17) is 27.3 Å². The van der Waals surface area contributed by atoms with Gasteiger partial charge in [0.25, 0.3) is 0 Å². The number of hydrogen-bond acceptors (Lipinski definition) is 6. The number of fused-ring (bicyclic) bond motifs is 1. The highest BCUT2D eigenvalue weighted by molar-refractivity contribution is 7.90. The van der Waals surface area contributed by atoms with Crippen molar-refractivity contribution in [1.29, 1.82) is 0 Å². The summed E-state index contributed by atoms with van der Waals surface area (Å²) in [5.41, 5.74) is -3.20. The minimum absolute atomic E-state index is 0.259. The second-order valence-corrected chi connectivity index (χ2v) is 5.74. The van der Waals surface area contributed by atoms with Gasteiger partial charge in [0.15, 0.2) is 12.8 Å². The van der Waals surface area contributed by atoms with E-state index < -0.39 is 83.7 Å². The van der Waals surface area contributed by atoms with Crippen LogP contribution in [0.1, 0.15) is 33.3 Å². The number of pyridine rings is 2. The molecule has 126 valence electrons. The Morgan fingerprint density at radius 3 is 3.04 bits per heavy atom. The number of ether oxygens (including phenoxy) is 2. The summed E-state index contributed by atoms with van der Waals surface area (Å²) < 4.78 is 124. The summed E-state index contributed by atoms with van der Waals surface area (Å²) in [6, 6.07) is -0.963. The van der Waals surface area contributed by atoms with Gasteiger partial charge in [-0.15, -0.1) is 0 Å². The first-order chi connectivity index (χ1) is 16.8. The predicted octanol–water partition coefficient (Wildman–Crippen LogP) is 2.29. The summed E-state index contributed by atoms with van der Waals surface area (Å²) in [6.45, 7) is -6.40. The Balaban J connectivity index is 2.23. The third kappa shape index (κ3) is 3.02. The zero-order valence-corrected chi connectivity index (χ0v) is 12.9. The van der Waals surface area contributed by atoms with Crippen LogP contribution in [0.15, 0.2) is 23.4 Å². The molecule has 0 amide bonds. The van der Waals surface area contributed by atoms with Gasteiger partial charge in [-0.2, -0.15) is 9.97 Å². The predicted molar refractivity (Wildman–Crippen MR) is 90.8 cm³/mol. The number of aromatic amines is 1. The topological polar surface area (TPSA) is 96.0 Å². The lowest BCUT2D eigenvalue weighted by molar-refractivity contribution is 0.399. The molecule has 0 radical (unpaired) electrons. The normalized spacial score (nSPS) is 21.8. The van der Waals surface area contributed by atoms with Crippen LogP contribution in [0, 0.1) is 13.7 Å². The Morgan fingerprint density at radius 1 is 1.38 bits per heavy atom. The molecule has 1 N–H and O–H groups in total. The van der Waals surface area contributed by atoms with Gasteiger partial charge in [-0.1, -0.05) is 0 Å². The minimum Gasteiger partial charge on any atom is -0.609 e. The summed E-state index contributed by atoms with van der Waals surface area (Å²) in [4.78, 5) is 12.0. The summed E-state index contributed by atoms with van der Waals surface area (Å²) in [5.74, 6) is -2.24. The van der Waals surface area contributed by atoms with Crippen molar-refractivity contribution in [2.45, 2.75) is 24.6 Å². The Hall–Kier alpha value is -2.32. The molecule has 1 atom stereocenters. The average molecular weight is 359 g/mol. The molecule has 3 aromatic heterocycles. The van der Waals surface area contributed by atoms with Crippen molar-refractivity contribution in [2.75, 3.05) is 14.1 Å². The van der Waals surface area contributed by atoms with Crippen molar-refractivity contribution >= 4 is 22.3 Å². The standard InChI is InChI=1S/C16H18N4O3S/c1-9-7-17-12(10(2)14(9)23-4)8-24(21)16-18-11-5-6-13(22-3)19-15(11)20-16/h5-7H,8H2,1-4H3,(H,18,19,20)/i1D3,2D3,4D3,5D,6D,7D/hD. The lowest BCUT2D eigenvalue weighted by atomic mass is 10.1. The third-order valence-corrected chi connectivity index (χ3v) is 4.05. The molecular weight excluding hydrogens is 328 g/mol. The molecule has 0 aliphatic rings. The molecule has 3 aromatic rings. The number of nitrogens with zero attached hydrogens (tertiary/aromatic N) is 3. The highest BCUT2D eigenvalue weighted by Crippen LogP contribution is 2.26. The lowest BCUT2D eigenvalue weighted by Gasteiger charge is -2.13. The van der Waals surface area contributed by atoms with E-state index in [1.54, 1.807) is 0 Å². The SMILES string of the molecule is [2H]c1nc(C[S+]([O-])c2nc3nc(OC)c([2H])c([2H])c3n2[2H])c(C([2H])([2H])[2H])c(OC([2H])([2H])[2H])c1C([2H])([2H])[2H]. The number of methoxy groups -OCH3 is 2. The van der Waals surface area contributed by atoms with Gasteiger partial charge in [-0.3, -0.25) is 9.96 Å². The van der Waals surface area contributed by atoms with Gasteiger partial charge in [0.2, 0.25) is 5.88 Å². The van der Waals surface area contributed by atoms with Crippen molar-refractivity contribution in [1.82, 2.24) is 19.9 Å². The van der Waals surface area contributed by atoms with Gasteiger partial charge >= 0.3 is 5.16 Å². The monoisotopic (exact) mass is 359 g/mol. The number of hydrogen-bond donors (Lipinski definition) is 1. The molecule has 24 heavy (non-hydrogen) atoms. The fourth-order valence-electron chi connectivity index (χ4n) is 1.79.